The van der Waals surface area contributed by atoms with E-state index < -0.39 is 0 Å². The highest BCUT2D eigenvalue weighted by molar-refractivity contribution is 8.00. The van der Waals surface area contributed by atoms with Crippen molar-refractivity contribution >= 4 is 42.4 Å². The number of thiol groups is 1. The Morgan fingerprint density at radius 3 is 2.64 bits per heavy atom. The number of hydrogen-bond donors (Lipinski definition) is 5. The molecule has 0 aliphatic carbocycles. The summed E-state index contributed by atoms with van der Waals surface area (Å²) in [5.41, 5.74) is 0. The van der Waals surface area contributed by atoms with E-state index in [4.69, 9.17) is 0 Å². The molecular weight excluding hydrogens is 360 g/mol. The molecule has 4 N–H and O–H groups in total. The predicted octanol–water partition coefficient (Wildman–Crippen LogP) is 1.35. The van der Waals surface area contributed by atoms with Gasteiger partial charge in [-0.05, 0) is 25.7 Å². The monoisotopic (exact) mass is 388 g/mol. The molecule has 2 aliphatic heterocycles. The van der Waals surface area contributed by atoms with Crippen LogP contribution in [0.4, 0.5) is 4.79 Å². The van der Waals surface area contributed by atoms with Crippen LogP contribution in [0.2, 0.25) is 0 Å². The van der Waals surface area contributed by atoms with Gasteiger partial charge in [0.25, 0.3) is 0 Å². The van der Waals surface area contributed by atoms with E-state index in [1.54, 1.807) is 0 Å². The Hall–Kier alpha value is -1.09. The van der Waals surface area contributed by atoms with Crippen LogP contribution in [0.3, 0.4) is 0 Å². The minimum atomic E-state index is -0.0629. The van der Waals surface area contributed by atoms with Crippen LogP contribution in [0.5, 0.6) is 0 Å². The minimum Gasteiger partial charge on any atom is -0.356 e. The van der Waals surface area contributed by atoms with Crippen LogP contribution in [0.25, 0.3) is 0 Å². The van der Waals surface area contributed by atoms with E-state index in [2.05, 4.69) is 33.5 Å². The largest absolute Gasteiger partial charge is 0.356 e. The highest BCUT2D eigenvalue weighted by Gasteiger charge is 2.42. The molecule has 0 aromatic carbocycles. The first-order chi connectivity index (χ1) is 12.1. The average Bonchev–Trinajstić information content (AvgIpc) is 3.14. The molecule has 0 radical (unpaired) electrons. The highest BCUT2D eigenvalue weighted by atomic mass is 32.2. The zero-order valence-corrected chi connectivity index (χ0v) is 16.1. The third-order valence-corrected chi connectivity index (χ3v) is 6.37. The van der Waals surface area contributed by atoms with Crippen molar-refractivity contribution in [3.63, 3.8) is 0 Å². The number of unbranched alkanes of at least 4 members (excludes halogenated alkanes) is 3. The quantitative estimate of drug-likeness (QED) is 0.210. The van der Waals surface area contributed by atoms with Gasteiger partial charge in [-0.15, -0.1) is 0 Å². The lowest BCUT2D eigenvalue weighted by Gasteiger charge is -2.16. The van der Waals surface area contributed by atoms with Crippen molar-refractivity contribution in [3.8, 4) is 0 Å². The van der Waals surface area contributed by atoms with E-state index in [1.165, 1.54) is 0 Å². The van der Waals surface area contributed by atoms with Crippen LogP contribution in [0.15, 0.2) is 0 Å². The van der Waals surface area contributed by atoms with Crippen LogP contribution in [0, 0.1) is 0 Å². The van der Waals surface area contributed by atoms with Gasteiger partial charge >= 0.3 is 6.03 Å². The number of carbonyl (C=O) groups is 3. The first-order valence-corrected chi connectivity index (χ1v) is 10.5. The maximum absolute atomic E-state index is 11.8. The summed E-state index contributed by atoms with van der Waals surface area (Å²) >= 11 is 5.61. The predicted molar refractivity (Wildman–Crippen MR) is 103 cm³/mol. The molecule has 25 heavy (non-hydrogen) atoms. The fourth-order valence-corrected chi connectivity index (χ4v) is 4.89. The summed E-state index contributed by atoms with van der Waals surface area (Å²) in [5, 5.41) is 9.32. The number of urea groups is 1. The molecule has 2 saturated heterocycles. The maximum atomic E-state index is 11.8. The van der Waals surface area contributed by atoms with Crippen LogP contribution in [0.1, 0.15) is 51.4 Å². The number of rotatable bonds is 11. The second-order valence-corrected chi connectivity index (χ2v) is 8.06. The number of amides is 4. The molecule has 2 unspecified atom stereocenters. The SMILES string of the molecule is O=C(CCCCCNC(=O)CCCCC1SC[C@@H]2NC(=O)NC12)NS. The number of carbonyl (C=O) groups excluding carboxylic acids is 3. The Bertz CT molecular complexity index is 478. The van der Waals surface area contributed by atoms with Gasteiger partial charge in [0.1, 0.15) is 0 Å². The van der Waals surface area contributed by atoms with Gasteiger partial charge in [-0.1, -0.05) is 25.7 Å². The molecule has 2 fully saturated rings. The Labute approximate surface area is 158 Å². The Morgan fingerprint density at radius 2 is 1.84 bits per heavy atom. The molecule has 0 bridgehead atoms. The lowest BCUT2D eigenvalue weighted by Crippen LogP contribution is -2.36. The van der Waals surface area contributed by atoms with Gasteiger partial charge in [0.15, 0.2) is 0 Å². The summed E-state index contributed by atoms with van der Waals surface area (Å²) in [7, 11) is 0. The molecule has 0 spiro atoms. The molecule has 0 aromatic heterocycles. The fourth-order valence-electron chi connectivity index (χ4n) is 3.23. The number of fused-ring (bicyclic) bond motifs is 1. The van der Waals surface area contributed by atoms with E-state index in [0.29, 0.717) is 24.6 Å². The van der Waals surface area contributed by atoms with Gasteiger partial charge in [-0.3, -0.25) is 9.59 Å². The Kier molecular flexibility index (Phi) is 8.74. The fraction of sp³-hybridized carbons (Fsp3) is 0.812. The Balaban J connectivity index is 1.44. The Morgan fingerprint density at radius 1 is 1.08 bits per heavy atom. The van der Waals surface area contributed by atoms with E-state index in [-0.39, 0.29) is 29.9 Å². The topological polar surface area (TPSA) is 99.3 Å². The lowest BCUT2D eigenvalue weighted by atomic mass is 10.0. The maximum Gasteiger partial charge on any atom is 0.315 e. The average molecular weight is 389 g/mol. The van der Waals surface area contributed by atoms with Crippen LogP contribution in [-0.4, -0.2) is 47.5 Å². The van der Waals surface area contributed by atoms with E-state index in [9.17, 15) is 14.4 Å². The van der Waals surface area contributed by atoms with Gasteiger partial charge in [0.2, 0.25) is 11.8 Å². The zero-order valence-electron chi connectivity index (χ0n) is 14.4. The van der Waals surface area contributed by atoms with Crippen molar-refractivity contribution in [1.82, 2.24) is 20.7 Å². The van der Waals surface area contributed by atoms with Crippen LogP contribution < -0.4 is 20.7 Å². The van der Waals surface area contributed by atoms with Gasteiger partial charge in [-0.25, -0.2) is 4.79 Å². The van der Waals surface area contributed by atoms with Gasteiger partial charge in [-0.2, -0.15) is 11.8 Å². The number of nitrogens with one attached hydrogen (secondary N) is 4. The molecule has 2 rings (SSSR count). The second-order valence-electron chi connectivity index (χ2n) is 6.56. The van der Waals surface area contributed by atoms with Gasteiger partial charge in [0.05, 0.1) is 12.1 Å². The number of thioether (sulfide) groups is 1. The molecule has 4 amide bonds. The van der Waals surface area contributed by atoms with Crippen molar-refractivity contribution in [2.45, 2.75) is 68.7 Å². The zero-order chi connectivity index (χ0) is 18.1. The van der Waals surface area contributed by atoms with Crippen molar-refractivity contribution in [3.05, 3.63) is 0 Å². The van der Waals surface area contributed by atoms with Crippen molar-refractivity contribution in [2.24, 2.45) is 0 Å². The standard InChI is InChI=1S/C16H28N4O3S2/c21-13(17-9-5-1-2-8-14(22)20-24)7-4-3-6-12-15-11(10-25-12)18-16(23)19-15/h11-12,15,24H,1-10H2,(H,17,21)(H,20,22)(H2,18,19,23)/t11-,12?,15?/m0/s1. The van der Waals surface area contributed by atoms with Crippen LogP contribution >= 0.6 is 24.6 Å². The summed E-state index contributed by atoms with van der Waals surface area (Å²) in [4.78, 5) is 34.1. The van der Waals surface area contributed by atoms with E-state index >= 15 is 0 Å². The molecular formula is C16H28N4O3S2. The first-order valence-electron chi connectivity index (χ1n) is 8.98. The molecule has 3 atom stereocenters. The summed E-state index contributed by atoms with van der Waals surface area (Å²) in [6, 6.07) is 0.464. The lowest BCUT2D eigenvalue weighted by molar-refractivity contribution is -0.121. The summed E-state index contributed by atoms with van der Waals surface area (Å²) in [6.07, 6.45) is 6.57. The van der Waals surface area contributed by atoms with Crippen molar-refractivity contribution in [1.29, 1.82) is 0 Å². The van der Waals surface area contributed by atoms with Gasteiger partial charge in [0, 0.05) is 30.4 Å². The summed E-state index contributed by atoms with van der Waals surface area (Å²) < 4.78 is 2.30. The molecule has 0 saturated carbocycles. The first kappa shape index (κ1) is 20.2. The van der Waals surface area contributed by atoms with Gasteiger partial charge < -0.3 is 20.7 Å². The third-order valence-electron chi connectivity index (χ3n) is 4.61. The third kappa shape index (κ3) is 6.97. The molecule has 142 valence electrons. The van der Waals surface area contributed by atoms with Crippen molar-refractivity contribution in [2.75, 3.05) is 12.3 Å². The molecule has 0 aromatic rings. The normalized spacial score (nSPS) is 24.4. The highest BCUT2D eigenvalue weighted by Crippen LogP contribution is 2.33. The minimum absolute atomic E-state index is 0.0501. The molecule has 7 nitrogen and oxygen atoms in total. The van der Waals surface area contributed by atoms with Crippen LogP contribution in [-0.2, 0) is 9.59 Å². The molecule has 2 heterocycles. The summed E-state index contributed by atoms with van der Waals surface area (Å²) in [5.74, 6) is 1.01. The number of hydrogen-bond acceptors (Lipinski definition) is 5. The second kappa shape index (κ2) is 10.8. The van der Waals surface area contributed by atoms with E-state index in [0.717, 1.165) is 44.3 Å². The summed E-state index contributed by atoms with van der Waals surface area (Å²) in [6.45, 7) is 0.668. The molecule has 2 aliphatic rings. The smallest absolute Gasteiger partial charge is 0.315 e. The van der Waals surface area contributed by atoms with Crippen molar-refractivity contribution < 1.29 is 14.4 Å². The van der Waals surface area contributed by atoms with E-state index in [1.807, 2.05) is 11.8 Å². The molecule has 9 heteroatoms.